The molecule has 0 saturated heterocycles. The second-order valence-corrected chi connectivity index (χ2v) is 5.86. The Balaban J connectivity index is 2.15. The summed E-state index contributed by atoms with van der Waals surface area (Å²) in [4.78, 5) is 2.34. The average molecular weight is 264 g/mol. The van der Waals surface area contributed by atoms with Gasteiger partial charge in [-0.1, -0.05) is 13.8 Å². The lowest BCUT2D eigenvalue weighted by Gasteiger charge is -2.27. The smallest absolute Gasteiger partial charge is 0.123 e. The molecular formula is C16H25FN2. The lowest BCUT2D eigenvalue weighted by Crippen LogP contribution is -2.29. The monoisotopic (exact) mass is 264 g/mol. The molecule has 0 heterocycles. The Morgan fingerprint density at radius 2 is 2.11 bits per heavy atom. The van der Waals surface area contributed by atoms with Crippen LogP contribution in [0.3, 0.4) is 0 Å². The Morgan fingerprint density at radius 3 is 2.68 bits per heavy atom. The highest BCUT2D eigenvalue weighted by molar-refractivity contribution is 5.54. The number of benzene rings is 1. The standard InChI is InChI=1S/C16H25FN2/c1-4-19(11-12(2)3)16-8-5-14(17)9-13(16)10-18-15-6-7-15/h5,8-9,12,15,18H,4,6-7,10-11H2,1-3H3. The first-order valence-electron chi connectivity index (χ1n) is 7.37. The Labute approximate surface area is 116 Å². The summed E-state index contributed by atoms with van der Waals surface area (Å²) in [6.07, 6.45) is 2.52. The topological polar surface area (TPSA) is 15.3 Å². The van der Waals surface area contributed by atoms with Gasteiger partial charge in [0, 0.05) is 31.4 Å². The first kappa shape index (κ1) is 14.3. The summed E-state index contributed by atoms with van der Waals surface area (Å²) in [5.41, 5.74) is 2.25. The average Bonchev–Trinajstić information content (AvgIpc) is 3.18. The number of rotatable bonds is 7. The highest BCUT2D eigenvalue weighted by Crippen LogP contribution is 2.25. The maximum Gasteiger partial charge on any atom is 0.123 e. The highest BCUT2D eigenvalue weighted by Gasteiger charge is 2.21. The van der Waals surface area contributed by atoms with Crippen LogP contribution in [-0.2, 0) is 6.54 Å². The molecule has 2 nitrogen and oxygen atoms in total. The quantitative estimate of drug-likeness (QED) is 0.810. The molecule has 1 aliphatic rings. The largest absolute Gasteiger partial charge is 0.371 e. The molecule has 0 aromatic heterocycles. The van der Waals surface area contributed by atoms with E-state index < -0.39 is 0 Å². The van der Waals surface area contributed by atoms with Gasteiger partial charge in [0.15, 0.2) is 0 Å². The van der Waals surface area contributed by atoms with Crippen LogP contribution in [0, 0.1) is 11.7 Å². The van der Waals surface area contributed by atoms with Gasteiger partial charge < -0.3 is 10.2 Å². The summed E-state index contributed by atoms with van der Waals surface area (Å²) in [6.45, 7) is 9.33. The third kappa shape index (κ3) is 4.20. The first-order chi connectivity index (χ1) is 9.10. The third-order valence-electron chi connectivity index (χ3n) is 3.51. The zero-order valence-corrected chi connectivity index (χ0v) is 12.2. The van der Waals surface area contributed by atoms with Gasteiger partial charge in [-0.15, -0.1) is 0 Å². The number of halogens is 1. The maximum atomic E-state index is 13.5. The number of anilines is 1. The van der Waals surface area contributed by atoms with Gasteiger partial charge in [-0.2, -0.15) is 0 Å². The van der Waals surface area contributed by atoms with Crippen molar-refractivity contribution in [3.63, 3.8) is 0 Å². The van der Waals surface area contributed by atoms with E-state index >= 15 is 0 Å². The van der Waals surface area contributed by atoms with Gasteiger partial charge in [0.05, 0.1) is 0 Å². The molecule has 1 aromatic rings. The molecular weight excluding hydrogens is 239 g/mol. The van der Waals surface area contributed by atoms with Gasteiger partial charge in [0.25, 0.3) is 0 Å². The Hall–Kier alpha value is -1.09. The predicted octanol–water partition coefficient (Wildman–Crippen LogP) is 3.56. The minimum atomic E-state index is -0.142. The van der Waals surface area contributed by atoms with Crippen molar-refractivity contribution < 1.29 is 4.39 Å². The molecule has 0 spiro atoms. The number of nitrogens with zero attached hydrogens (tertiary/aromatic N) is 1. The van der Waals surface area contributed by atoms with E-state index in [9.17, 15) is 4.39 Å². The maximum absolute atomic E-state index is 13.5. The van der Waals surface area contributed by atoms with Crippen molar-refractivity contribution in [1.82, 2.24) is 5.32 Å². The van der Waals surface area contributed by atoms with E-state index in [4.69, 9.17) is 0 Å². The van der Waals surface area contributed by atoms with Crippen LogP contribution in [0.25, 0.3) is 0 Å². The summed E-state index contributed by atoms with van der Waals surface area (Å²) in [6, 6.07) is 5.81. The lowest BCUT2D eigenvalue weighted by atomic mass is 10.1. The first-order valence-corrected chi connectivity index (χ1v) is 7.37. The molecule has 19 heavy (non-hydrogen) atoms. The van der Waals surface area contributed by atoms with Crippen molar-refractivity contribution in [3.05, 3.63) is 29.6 Å². The van der Waals surface area contributed by atoms with Crippen LogP contribution < -0.4 is 10.2 Å². The van der Waals surface area contributed by atoms with Gasteiger partial charge >= 0.3 is 0 Å². The molecule has 0 radical (unpaired) electrons. The van der Waals surface area contributed by atoms with Crippen LogP contribution in [0.2, 0.25) is 0 Å². The zero-order chi connectivity index (χ0) is 13.8. The number of hydrogen-bond acceptors (Lipinski definition) is 2. The van der Waals surface area contributed by atoms with Gasteiger partial charge in [0.2, 0.25) is 0 Å². The van der Waals surface area contributed by atoms with E-state index in [0.29, 0.717) is 12.0 Å². The van der Waals surface area contributed by atoms with Gasteiger partial charge in [-0.05, 0) is 49.4 Å². The van der Waals surface area contributed by atoms with Crippen molar-refractivity contribution in [2.75, 3.05) is 18.0 Å². The molecule has 1 aliphatic carbocycles. The second-order valence-electron chi connectivity index (χ2n) is 5.86. The molecule has 1 saturated carbocycles. The lowest BCUT2D eigenvalue weighted by molar-refractivity contribution is 0.604. The van der Waals surface area contributed by atoms with Crippen LogP contribution in [0.5, 0.6) is 0 Å². The Bertz CT molecular complexity index is 413. The summed E-state index contributed by atoms with van der Waals surface area (Å²) in [5, 5.41) is 3.48. The normalized spacial score (nSPS) is 15.0. The van der Waals surface area contributed by atoms with E-state index in [1.807, 2.05) is 6.07 Å². The van der Waals surface area contributed by atoms with Crippen molar-refractivity contribution in [3.8, 4) is 0 Å². The Kier molecular flexibility index (Phi) is 4.81. The number of nitrogens with one attached hydrogen (secondary N) is 1. The van der Waals surface area contributed by atoms with E-state index in [0.717, 1.165) is 25.2 Å². The fraction of sp³-hybridized carbons (Fsp3) is 0.625. The van der Waals surface area contributed by atoms with Crippen LogP contribution in [0.15, 0.2) is 18.2 Å². The summed E-state index contributed by atoms with van der Waals surface area (Å²) in [5.74, 6) is 0.464. The van der Waals surface area contributed by atoms with Gasteiger partial charge in [-0.25, -0.2) is 4.39 Å². The molecule has 0 aliphatic heterocycles. The molecule has 3 heteroatoms. The predicted molar refractivity (Wildman–Crippen MR) is 79.0 cm³/mol. The van der Waals surface area contributed by atoms with Crippen molar-refractivity contribution >= 4 is 5.69 Å². The molecule has 0 unspecified atom stereocenters. The van der Waals surface area contributed by atoms with E-state index in [-0.39, 0.29) is 5.82 Å². The molecule has 106 valence electrons. The van der Waals surface area contributed by atoms with Gasteiger partial charge in [0.1, 0.15) is 5.82 Å². The van der Waals surface area contributed by atoms with Gasteiger partial charge in [-0.3, -0.25) is 0 Å². The molecule has 1 aromatic carbocycles. The van der Waals surface area contributed by atoms with E-state index in [1.54, 1.807) is 12.1 Å². The summed E-state index contributed by atoms with van der Waals surface area (Å²) in [7, 11) is 0. The molecule has 0 bridgehead atoms. The second kappa shape index (κ2) is 6.38. The van der Waals surface area contributed by atoms with E-state index in [1.165, 1.54) is 18.5 Å². The van der Waals surface area contributed by atoms with Crippen LogP contribution in [-0.4, -0.2) is 19.1 Å². The molecule has 1 fully saturated rings. The number of hydrogen-bond donors (Lipinski definition) is 1. The molecule has 0 amide bonds. The molecule has 2 rings (SSSR count). The fourth-order valence-corrected chi connectivity index (χ4v) is 2.38. The molecule has 1 N–H and O–H groups in total. The fourth-order valence-electron chi connectivity index (χ4n) is 2.38. The minimum Gasteiger partial charge on any atom is -0.371 e. The van der Waals surface area contributed by atoms with Crippen molar-refractivity contribution in [1.29, 1.82) is 0 Å². The third-order valence-corrected chi connectivity index (χ3v) is 3.51. The molecule has 0 atom stereocenters. The summed E-state index contributed by atoms with van der Waals surface area (Å²) >= 11 is 0. The van der Waals surface area contributed by atoms with Crippen LogP contribution in [0.1, 0.15) is 39.2 Å². The van der Waals surface area contributed by atoms with Crippen LogP contribution >= 0.6 is 0 Å². The SMILES string of the molecule is CCN(CC(C)C)c1ccc(F)cc1CNC1CC1. The zero-order valence-electron chi connectivity index (χ0n) is 12.2. The summed E-state index contributed by atoms with van der Waals surface area (Å²) < 4.78 is 13.5. The van der Waals surface area contributed by atoms with Crippen LogP contribution in [0.4, 0.5) is 10.1 Å². The Morgan fingerprint density at radius 1 is 1.37 bits per heavy atom. The van der Waals surface area contributed by atoms with Crippen molar-refractivity contribution in [2.24, 2.45) is 5.92 Å². The minimum absolute atomic E-state index is 0.142. The van der Waals surface area contributed by atoms with Crippen molar-refractivity contribution in [2.45, 2.75) is 46.2 Å². The highest BCUT2D eigenvalue weighted by atomic mass is 19.1. The van der Waals surface area contributed by atoms with E-state index in [2.05, 4.69) is 31.0 Å².